The molecule has 0 atom stereocenters. The molecule has 90 valence electrons. The van der Waals surface area contributed by atoms with Crippen LogP contribution in [0.5, 0.6) is 0 Å². The Morgan fingerprint density at radius 2 is 2.29 bits per heavy atom. The SMILES string of the molecule is CCNC(=O)Cn1c(=S)[nH]c2cc(C)ccc21. The van der Waals surface area contributed by atoms with Gasteiger partial charge in [0.25, 0.3) is 0 Å². The van der Waals surface area contributed by atoms with E-state index in [9.17, 15) is 4.79 Å². The monoisotopic (exact) mass is 249 g/mol. The van der Waals surface area contributed by atoms with Crippen molar-refractivity contribution in [2.24, 2.45) is 0 Å². The Kier molecular flexibility index (Phi) is 3.28. The number of nitrogens with zero attached hydrogens (tertiary/aromatic N) is 1. The van der Waals surface area contributed by atoms with Gasteiger partial charge in [0.1, 0.15) is 6.54 Å². The first-order valence-corrected chi connectivity index (χ1v) is 5.98. The number of hydrogen-bond acceptors (Lipinski definition) is 2. The second kappa shape index (κ2) is 4.71. The summed E-state index contributed by atoms with van der Waals surface area (Å²) in [5.41, 5.74) is 3.10. The van der Waals surface area contributed by atoms with Gasteiger partial charge in [-0.3, -0.25) is 4.79 Å². The quantitative estimate of drug-likeness (QED) is 0.819. The molecule has 0 radical (unpaired) electrons. The van der Waals surface area contributed by atoms with Gasteiger partial charge in [-0.25, -0.2) is 0 Å². The first-order chi connectivity index (χ1) is 8.11. The van der Waals surface area contributed by atoms with Crippen molar-refractivity contribution in [2.75, 3.05) is 6.54 Å². The zero-order chi connectivity index (χ0) is 12.4. The average molecular weight is 249 g/mol. The van der Waals surface area contributed by atoms with E-state index in [1.165, 1.54) is 5.56 Å². The molecule has 1 amide bonds. The Morgan fingerprint density at radius 1 is 1.53 bits per heavy atom. The fraction of sp³-hybridized carbons (Fsp3) is 0.333. The fourth-order valence-electron chi connectivity index (χ4n) is 1.83. The molecule has 0 saturated carbocycles. The Bertz CT molecular complexity index is 612. The Morgan fingerprint density at radius 3 is 3.00 bits per heavy atom. The van der Waals surface area contributed by atoms with E-state index in [4.69, 9.17) is 12.2 Å². The molecule has 4 nitrogen and oxygen atoms in total. The molecule has 0 aliphatic rings. The molecule has 1 aromatic carbocycles. The Hall–Kier alpha value is -1.62. The number of hydrogen-bond donors (Lipinski definition) is 2. The number of aryl methyl sites for hydroxylation is 1. The van der Waals surface area contributed by atoms with Crippen LogP contribution in [0.1, 0.15) is 12.5 Å². The number of imidazole rings is 1. The van der Waals surface area contributed by atoms with Crippen molar-refractivity contribution in [3.63, 3.8) is 0 Å². The van der Waals surface area contributed by atoms with Crippen LogP contribution in [-0.4, -0.2) is 22.0 Å². The second-order valence-electron chi connectivity index (χ2n) is 3.99. The maximum Gasteiger partial charge on any atom is 0.240 e. The van der Waals surface area contributed by atoms with Gasteiger partial charge in [-0.15, -0.1) is 0 Å². The molecule has 17 heavy (non-hydrogen) atoms. The van der Waals surface area contributed by atoms with Crippen LogP contribution in [0.15, 0.2) is 18.2 Å². The number of aromatic amines is 1. The summed E-state index contributed by atoms with van der Waals surface area (Å²) in [4.78, 5) is 14.7. The summed E-state index contributed by atoms with van der Waals surface area (Å²) in [6, 6.07) is 6.02. The van der Waals surface area contributed by atoms with Crippen molar-refractivity contribution in [3.8, 4) is 0 Å². The van der Waals surface area contributed by atoms with Gasteiger partial charge in [0.05, 0.1) is 11.0 Å². The van der Waals surface area contributed by atoms with E-state index < -0.39 is 0 Å². The minimum atomic E-state index is -0.0231. The van der Waals surface area contributed by atoms with Gasteiger partial charge in [0.2, 0.25) is 5.91 Å². The number of nitrogens with one attached hydrogen (secondary N) is 2. The minimum Gasteiger partial charge on any atom is -0.355 e. The first kappa shape index (κ1) is 11.9. The molecule has 0 saturated heterocycles. The van der Waals surface area contributed by atoms with E-state index in [0.717, 1.165) is 11.0 Å². The molecule has 2 N–H and O–H groups in total. The van der Waals surface area contributed by atoms with E-state index in [2.05, 4.69) is 10.3 Å². The van der Waals surface area contributed by atoms with Crippen LogP contribution in [-0.2, 0) is 11.3 Å². The number of carbonyl (C=O) groups is 1. The third kappa shape index (κ3) is 2.39. The highest BCUT2D eigenvalue weighted by Crippen LogP contribution is 2.15. The van der Waals surface area contributed by atoms with Crippen molar-refractivity contribution >= 4 is 29.2 Å². The van der Waals surface area contributed by atoms with Crippen LogP contribution in [0.4, 0.5) is 0 Å². The molecule has 0 fully saturated rings. The van der Waals surface area contributed by atoms with Crippen LogP contribution < -0.4 is 5.32 Å². The summed E-state index contributed by atoms with van der Waals surface area (Å²) in [7, 11) is 0. The van der Waals surface area contributed by atoms with Crippen LogP contribution in [0.25, 0.3) is 11.0 Å². The van der Waals surface area contributed by atoms with E-state index in [1.807, 2.05) is 36.6 Å². The molecule has 1 aromatic heterocycles. The van der Waals surface area contributed by atoms with Crippen molar-refractivity contribution in [1.82, 2.24) is 14.9 Å². The van der Waals surface area contributed by atoms with E-state index in [1.54, 1.807) is 0 Å². The molecule has 2 aromatic rings. The van der Waals surface area contributed by atoms with Crippen LogP contribution in [0.2, 0.25) is 0 Å². The number of rotatable bonds is 3. The molecular formula is C12H15N3OS. The lowest BCUT2D eigenvalue weighted by Crippen LogP contribution is -2.27. The number of fused-ring (bicyclic) bond motifs is 1. The van der Waals surface area contributed by atoms with Crippen molar-refractivity contribution in [3.05, 3.63) is 28.5 Å². The molecule has 5 heteroatoms. The number of benzene rings is 1. The minimum absolute atomic E-state index is 0.0231. The van der Waals surface area contributed by atoms with Crippen LogP contribution >= 0.6 is 12.2 Å². The molecule has 0 spiro atoms. The molecule has 2 rings (SSSR count). The molecule has 1 heterocycles. The molecule has 0 aliphatic carbocycles. The first-order valence-electron chi connectivity index (χ1n) is 5.57. The lowest BCUT2D eigenvalue weighted by molar-refractivity contribution is -0.121. The highest BCUT2D eigenvalue weighted by molar-refractivity contribution is 7.71. The topological polar surface area (TPSA) is 49.8 Å². The molecule has 0 aliphatic heterocycles. The predicted molar refractivity (Wildman–Crippen MR) is 70.5 cm³/mol. The summed E-state index contributed by atoms with van der Waals surface area (Å²) < 4.78 is 2.40. The van der Waals surface area contributed by atoms with E-state index in [-0.39, 0.29) is 12.5 Å². The fourth-order valence-corrected chi connectivity index (χ4v) is 2.10. The summed E-state index contributed by atoms with van der Waals surface area (Å²) in [5.74, 6) is -0.0231. The van der Waals surface area contributed by atoms with Gasteiger partial charge < -0.3 is 14.9 Å². The maximum absolute atomic E-state index is 11.6. The number of likely N-dealkylation sites (N-methyl/N-ethyl adjacent to an activating group) is 1. The number of amides is 1. The number of carbonyl (C=O) groups excluding carboxylic acids is 1. The number of aromatic nitrogens is 2. The van der Waals surface area contributed by atoms with Gasteiger partial charge in [-0.2, -0.15) is 0 Å². The van der Waals surface area contributed by atoms with Gasteiger partial charge in [0.15, 0.2) is 4.77 Å². The van der Waals surface area contributed by atoms with E-state index >= 15 is 0 Å². The molecule has 0 bridgehead atoms. The lowest BCUT2D eigenvalue weighted by Gasteiger charge is -2.04. The standard InChI is InChI=1S/C12H15N3OS/c1-3-13-11(16)7-15-10-5-4-8(2)6-9(10)14-12(15)17/h4-6H,3,7H2,1-2H3,(H,13,16)(H,14,17). The zero-order valence-electron chi connectivity index (χ0n) is 9.91. The Labute approximate surface area is 105 Å². The van der Waals surface area contributed by atoms with Crippen molar-refractivity contribution in [2.45, 2.75) is 20.4 Å². The molecular weight excluding hydrogens is 234 g/mol. The van der Waals surface area contributed by atoms with Crippen molar-refractivity contribution < 1.29 is 4.79 Å². The van der Waals surface area contributed by atoms with Crippen LogP contribution in [0, 0.1) is 11.7 Å². The van der Waals surface area contributed by atoms with Gasteiger partial charge >= 0.3 is 0 Å². The third-order valence-corrected chi connectivity index (χ3v) is 2.93. The van der Waals surface area contributed by atoms with Gasteiger partial charge in [-0.05, 0) is 43.8 Å². The maximum atomic E-state index is 11.6. The summed E-state index contributed by atoms with van der Waals surface area (Å²) in [6.07, 6.45) is 0. The predicted octanol–water partition coefficient (Wildman–Crippen LogP) is 2.14. The normalized spacial score (nSPS) is 10.7. The van der Waals surface area contributed by atoms with Crippen molar-refractivity contribution in [1.29, 1.82) is 0 Å². The lowest BCUT2D eigenvalue weighted by atomic mass is 10.2. The van der Waals surface area contributed by atoms with E-state index in [0.29, 0.717) is 11.3 Å². The Balaban J connectivity index is 2.43. The summed E-state index contributed by atoms with van der Waals surface area (Å²) >= 11 is 5.23. The highest BCUT2D eigenvalue weighted by Gasteiger charge is 2.07. The zero-order valence-corrected chi connectivity index (χ0v) is 10.7. The summed E-state index contributed by atoms with van der Waals surface area (Å²) in [5, 5.41) is 2.77. The summed E-state index contributed by atoms with van der Waals surface area (Å²) in [6.45, 7) is 4.82. The average Bonchev–Trinajstić information content (AvgIpc) is 2.55. The smallest absolute Gasteiger partial charge is 0.240 e. The largest absolute Gasteiger partial charge is 0.355 e. The molecule has 0 unspecified atom stereocenters. The second-order valence-corrected chi connectivity index (χ2v) is 4.38. The third-order valence-electron chi connectivity index (χ3n) is 2.61. The van der Waals surface area contributed by atoms with Gasteiger partial charge in [0, 0.05) is 6.54 Å². The van der Waals surface area contributed by atoms with Gasteiger partial charge in [-0.1, -0.05) is 6.07 Å². The van der Waals surface area contributed by atoms with Crippen LogP contribution in [0.3, 0.4) is 0 Å². The highest BCUT2D eigenvalue weighted by atomic mass is 32.1. The number of H-pyrrole nitrogens is 1.